The molecule has 0 unspecified atom stereocenters. The molecule has 7 heteroatoms. The number of piperidine rings is 1. The zero-order valence-electron chi connectivity index (χ0n) is 17.9. The second kappa shape index (κ2) is 8.05. The van der Waals surface area contributed by atoms with Gasteiger partial charge in [-0.3, -0.25) is 9.69 Å². The van der Waals surface area contributed by atoms with E-state index in [0.29, 0.717) is 17.1 Å². The summed E-state index contributed by atoms with van der Waals surface area (Å²) in [4.78, 5) is 18.5. The largest absolute Gasteiger partial charge is 0.497 e. The van der Waals surface area contributed by atoms with Crippen LogP contribution < -0.4 is 9.64 Å². The lowest BCUT2D eigenvalue weighted by Gasteiger charge is -2.40. The Balaban J connectivity index is 1.42. The van der Waals surface area contributed by atoms with Crippen LogP contribution in [0, 0.1) is 6.92 Å². The van der Waals surface area contributed by atoms with Gasteiger partial charge in [0.15, 0.2) is 0 Å². The van der Waals surface area contributed by atoms with Crippen molar-refractivity contribution in [3.05, 3.63) is 70.2 Å². The molecule has 6 nitrogen and oxygen atoms in total. The smallest absolute Gasteiger partial charge is 0.271 e. The van der Waals surface area contributed by atoms with Crippen molar-refractivity contribution < 1.29 is 9.53 Å². The van der Waals surface area contributed by atoms with Gasteiger partial charge < -0.3 is 9.64 Å². The molecule has 0 saturated carbocycles. The zero-order chi connectivity index (χ0) is 21.4. The van der Waals surface area contributed by atoms with Crippen molar-refractivity contribution in [2.75, 3.05) is 31.6 Å². The number of aryl methyl sites for hydroxylation is 1. The van der Waals surface area contributed by atoms with E-state index >= 15 is 0 Å². The van der Waals surface area contributed by atoms with E-state index in [1.54, 1.807) is 7.11 Å². The Morgan fingerprint density at radius 1 is 1.16 bits per heavy atom. The average Bonchev–Trinajstić information content (AvgIpc) is 3.37. The van der Waals surface area contributed by atoms with Crippen LogP contribution in [-0.4, -0.2) is 47.1 Å². The van der Waals surface area contributed by atoms with Crippen molar-refractivity contribution in [2.45, 2.75) is 31.7 Å². The number of ether oxygens (including phenoxy) is 1. The first-order chi connectivity index (χ1) is 15.1. The summed E-state index contributed by atoms with van der Waals surface area (Å²) in [6, 6.07) is 16.7. The fraction of sp³-hybridized carbons (Fsp3) is 0.375. The highest BCUT2D eigenvalue weighted by Crippen LogP contribution is 2.49. The molecular formula is C24H26N4O2S. The molecule has 1 saturated heterocycles. The minimum absolute atomic E-state index is 0.00232. The number of nitrogens with zero attached hydrogens (tertiary/aromatic N) is 4. The van der Waals surface area contributed by atoms with E-state index in [0.717, 1.165) is 43.9 Å². The number of likely N-dealkylation sites (tertiary alicyclic amines) is 1. The van der Waals surface area contributed by atoms with Crippen LogP contribution in [0.4, 0.5) is 5.69 Å². The van der Waals surface area contributed by atoms with Gasteiger partial charge in [-0.15, -0.1) is 5.10 Å². The van der Waals surface area contributed by atoms with Crippen molar-refractivity contribution in [3.63, 3.8) is 0 Å². The predicted octanol–water partition coefficient (Wildman–Crippen LogP) is 4.05. The number of methoxy groups -OCH3 is 1. The van der Waals surface area contributed by atoms with E-state index in [2.05, 4.69) is 50.9 Å². The third-order valence-electron chi connectivity index (χ3n) is 6.68. The molecule has 3 heterocycles. The van der Waals surface area contributed by atoms with Crippen LogP contribution in [0.1, 0.15) is 39.3 Å². The maximum Gasteiger partial charge on any atom is 0.271 e. The number of anilines is 1. The van der Waals surface area contributed by atoms with Crippen LogP contribution in [0.15, 0.2) is 48.5 Å². The quantitative estimate of drug-likeness (QED) is 0.620. The molecule has 2 aliphatic heterocycles. The Morgan fingerprint density at radius 3 is 2.61 bits per heavy atom. The second-order valence-corrected chi connectivity index (χ2v) is 9.26. The van der Waals surface area contributed by atoms with Crippen LogP contribution in [-0.2, 0) is 12.0 Å². The Bertz CT molecular complexity index is 1090. The molecule has 2 aliphatic rings. The minimum Gasteiger partial charge on any atom is -0.497 e. The van der Waals surface area contributed by atoms with Gasteiger partial charge in [-0.05, 0) is 73.7 Å². The molecule has 0 atom stereocenters. The monoisotopic (exact) mass is 434 g/mol. The Hall–Kier alpha value is -2.77. The molecule has 160 valence electrons. The SMILES string of the molecule is COc1ccc2c(c1)C1(CCN(Cc3ccccc3)CC1)CN2C(=O)c1snnc1C. The topological polar surface area (TPSA) is 58.6 Å². The van der Waals surface area contributed by atoms with Gasteiger partial charge in [0.1, 0.15) is 10.6 Å². The van der Waals surface area contributed by atoms with Crippen molar-refractivity contribution in [3.8, 4) is 5.75 Å². The molecule has 0 radical (unpaired) electrons. The molecule has 0 N–H and O–H groups in total. The molecular weight excluding hydrogens is 408 g/mol. The highest BCUT2D eigenvalue weighted by atomic mass is 32.1. The third-order valence-corrected chi connectivity index (χ3v) is 7.50. The molecule has 1 spiro atoms. The summed E-state index contributed by atoms with van der Waals surface area (Å²) in [5, 5.41) is 4.04. The van der Waals surface area contributed by atoms with Gasteiger partial charge in [0.25, 0.3) is 5.91 Å². The van der Waals surface area contributed by atoms with E-state index < -0.39 is 0 Å². The normalized spacial score (nSPS) is 17.7. The van der Waals surface area contributed by atoms with Crippen molar-refractivity contribution >= 4 is 23.1 Å². The molecule has 3 aromatic rings. The van der Waals surface area contributed by atoms with Crippen LogP contribution in [0.25, 0.3) is 0 Å². The average molecular weight is 435 g/mol. The van der Waals surface area contributed by atoms with Gasteiger partial charge in [-0.25, -0.2) is 0 Å². The number of hydrogen-bond acceptors (Lipinski definition) is 6. The van der Waals surface area contributed by atoms with Gasteiger partial charge in [-0.1, -0.05) is 34.8 Å². The number of benzene rings is 2. The molecule has 1 amide bonds. The van der Waals surface area contributed by atoms with Crippen LogP contribution in [0.3, 0.4) is 0 Å². The van der Waals surface area contributed by atoms with E-state index in [4.69, 9.17) is 4.74 Å². The highest BCUT2D eigenvalue weighted by molar-refractivity contribution is 7.08. The summed E-state index contributed by atoms with van der Waals surface area (Å²) in [6.07, 6.45) is 2.04. The Labute approximate surface area is 186 Å². The Morgan fingerprint density at radius 2 is 1.94 bits per heavy atom. The molecule has 1 fully saturated rings. The lowest BCUT2D eigenvalue weighted by Crippen LogP contribution is -2.45. The lowest BCUT2D eigenvalue weighted by atomic mass is 9.74. The number of carbonyl (C=O) groups excluding carboxylic acids is 1. The number of hydrogen-bond donors (Lipinski definition) is 0. The van der Waals surface area contributed by atoms with E-state index in [1.807, 2.05) is 24.0 Å². The van der Waals surface area contributed by atoms with Gasteiger partial charge in [0.2, 0.25) is 0 Å². The first kappa shape index (κ1) is 20.2. The number of fused-ring (bicyclic) bond motifs is 2. The van der Waals surface area contributed by atoms with Gasteiger partial charge in [0, 0.05) is 24.2 Å². The maximum absolute atomic E-state index is 13.4. The Kier molecular flexibility index (Phi) is 5.24. The highest BCUT2D eigenvalue weighted by Gasteiger charge is 2.47. The molecule has 2 aromatic carbocycles. The minimum atomic E-state index is -0.0429. The summed E-state index contributed by atoms with van der Waals surface area (Å²) in [7, 11) is 1.70. The molecule has 5 rings (SSSR count). The first-order valence-corrected chi connectivity index (χ1v) is 11.4. The predicted molar refractivity (Wildman–Crippen MR) is 122 cm³/mol. The summed E-state index contributed by atoms with van der Waals surface area (Å²) in [5.74, 6) is 0.845. The third kappa shape index (κ3) is 3.62. The number of rotatable bonds is 4. The van der Waals surface area contributed by atoms with Crippen LogP contribution >= 0.6 is 11.5 Å². The number of amides is 1. The van der Waals surface area contributed by atoms with Crippen LogP contribution in [0.5, 0.6) is 5.75 Å². The molecule has 0 aliphatic carbocycles. The van der Waals surface area contributed by atoms with Crippen molar-refractivity contribution in [1.82, 2.24) is 14.5 Å². The maximum atomic E-state index is 13.4. The van der Waals surface area contributed by atoms with Crippen LogP contribution in [0.2, 0.25) is 0 Å². The summed E-state index contributed by atoms with van der Waals surface area (Å²) in [5.41, 5.74) is 4.23. The van der Waals surface area contributed by atoms with E-state index in [1.165, 1.54) is 22.7 Å². The standard InChI is InChI=1S/C24H26N4O2S/c1-17-22(31-26-25-17)23(29)28-16-24(20-14-19(30-2)8-9-21(20)28)10-12-27(13-11-24)15-18-6-4-3-5-7-18/h3-9,14H,10-13,15-16H2,1-2H3. The molecule has 1 aromatic heterocycles. The zero-order valence-corrected chi connectivity index (χ0v) is 18.7. The summed E-state index contributed by atoms with van der Waals surface area (Å²) < 4.78 is 9.50. The van der Waals surface area contributed by atoms with Gasteiger partial charge >= 0.3 is 0 Å². The second-order valence-electron chi connectivity index (χ2n) is 8.50. The molecule has 31 heavy (non-hydrogen) atoms. The van der Waals surface area contributed by atoms with Gasteiger partial charge in [0.05, 0.1) is 12.8 Å². The van der Waals surface area contributed by atoms with E-state index in [9.17, 15) is 4.79 Å². The van der Waals surface area contributed by atoms with Gasteiger partial charge in [-0.2, -0.15) is 0 Å². The fourth-order valence-electron chi connectivity index (χ4n) is 4.92. The summed E-state index contributed by atoms with van der Waals surface area (Å²) >= 11 is 1.18. The first-order valence-electron chi connectivity index (χ1n) is 10.7. The fourth-order valence-corrected chi connectivity index (χ4v) is 5.52. The molecule has 0 bridgehead atoms. The number of carbonyl (C=O) groups is 1. The van der Waals surface area contributed by atoms with E-state index in [-0.39, 0.29) is 11.3 Å². The lowest BCUT2D eigenvalue weighted by molar-refractivity contribution is 0.0978. The van der Waals surface area contributed by atoms with Crippen molar-refractivity contribution in [1.29, 1.82) is 0 Å². The van der Waals surface area contributed by atoms with Crippen molar-refractivity contribution in [2.24, 2.45) is 0 Å². The number of aromatic nitrogens is 2. The summed E-state index contributed by atoms with van der Waals surface area (Å²) in [6.45, 7) is 5.53.